The van der Waals surface area contributed by atoms with Crippen LogP contribution in [0.5, 0.6) is 5.75 Å². The van der Waals surface area contributed by atoms with Gasteiger partial charge in [-0.25, -0.2) is 9.37 Å². The van der Waals surface area contributed by atoms with Crippen molar-refractivity contribution in [2.45, 2.75) is 43.9 Å². The zero-order valence-electron chi connectivity index (χ0n) is 31.5. The van der Waals surface area contributed by atoms with Crippen molar-refractivity contribution >= 4 is 58.6 Å². The van der Waals surface area contributed by atoms with Crippen molar-refractivity contribution < 1.29 is 18.7 Å². The summed E-state index contributed by atoms with van der Waals surface area (Å²) in [7, 11) is -2.91. The molecule has 1 aromatic heterocycles. The van der Waals surface area contributed by atoms with E-state index in [2.05, 4.69) is 79.2 Å². The van der Waals surface area contributed by atoms with Crippen LogP contribution in [0, 0.1) is 17.1 Å². The lowest BCUT2D eigenvalue weighted by Gasteiger charge is -2.43. The number of aliphatic hydroxyl groups excluding tert-OH is 1. The van der Waals surface area contributed by atoms with Gasteiger partial charge in [0, 0.05) is 16.8 Å². The Morgan fingerprint density at radius 2 is 1.73 bits per heavy atom. The van der Waals surface area contributed by atoms with Crippen LogP contribution in [0.25, 0.3) is 10.8 Å². The van der Waals surface area contributed by atoms with Crippen LogP contribution in [0.1, 0.15) is 44.9 Å². The third kappa shape index (κ3) is 7.07. The molecule has 1 amide bonds. The number of thioether (sulfide) groups is 1. The highest BCUT2D eigenvalue weighted by molar-refractivity contribution is 7.99. The van der Waals surface area contributed by atoms with E-state index in [4.69, 9.17) is 9.41 Å². The molecule has 0 fully saturated rings. The third-order valence-electron chi connectivity index (χ3n) is 10.8. The first-order valence-electron chi connectivity index (χ1n) is 18.5. The summed E-state index contributed by atoms with van der Waals surface area (Å²) in [5.41, 5.74) is 1.37. The highest BCUT2D eigenvalue weighted by atomic mass is 32.2. The van der Waals surface area contributed by atoms with Gasteiger partial charge in [-0.05, 0) is 63.6 Å². The number of aromatic nitrogens is 2. The van der Waals surface area contributed by atoms with Crippen molar-refractivity contribution in [3.63, 3.8) is 0 Å². The molecule has 2 heterocycles. The van der Waals surface area contributed by atoms with Gasteiger partial charge >= 0.3 is 8.32 Å². The number of benzene rings is 5. The predicted molar refractivity (Wildman–Crippen MR) is 222 cm³/mol. The van der Waals surface area contributed by atoms with Crippen LogP contribution in [0.15, 0.2) is 127 Å². The fraction of sp³-hybridized carbons (Fsp3) is 0.250. The van der Waals surface area contributed by atoms with Gasteiger partial charge < -0.3 is 14.8 Å². The second-order valence-corrected chi connectivity index (χ2v) is 20.2. The Bertz CT molecular complexity index is 2340. The third-order valence-corrected chi connectivity index (χ3v) is 16.8. The minimum Gasteiger partial charge on any atom is -0.534 e. The van der Waals surface area contributed by atoms with Crippen molar-refractivity contribution in [1.29, 1.82) is 5.26 Å². The number of imidazole rings is 1. The van der Waals surface area contributed by atoms with E-state index in [1.165, 1.54) is 22.5 Å². The molecule has 2 unspecified atom stereocenters. The van der Waals surface area contributed by atoms with Gasteiger partial charge in [0.05, 0.1) is 24.8 Å². The fourth-order valence-electron chi connectivity index (χ4n) is 8.00. The van der Waals surface area contributed by atoms with Gasteiger partial charge in [0.2, 0.25) is 5.82 Å². The molecule has 2 atom stereocenters. The molecule has 280 valence electrons. The lowest BCUT2D eigenvalue weighted by molar-refractivity contribution is -0.117. The number of aliphatic hydroxyl groups is 1. The van der Waals surface area contributed by atoms with Crippen LogP contribution in [-0.4, -0.2) is 60.9 Å². The Balaban J connectivity index is 1.22. The van der Waals surface area contributed by atoms with Crippen molar-refractivity contribution in [3.8, 4) is 11.8 Å². The van der Waals surface area contributed by atoms with E-state index in [1.807, 2.05) is 61.5 Å². The molecule has 8 nitrogen and oxygen atoms in total. The quantitative estimate of drug-likeness (QED) is 0.0981. The lowest BCUT2D eigenvalue weighted by Crippen LogP contribution is -2.68. The van der Waals surface area contributed by atoms with Gasteiger partial charge in [-0.1, -0.05) is 117 Å². The fourth-order valence-corrected chi connectivity index (χ4v) is 13.5. The first kappa shape index (κ1) is 38.0. The number of carbonyl (C=O) groups is 1. The van der Waals surface area contributed by atoms with E-state index in [-0.39, 0.29) is 46.7 Å². The molecule has 0 spiro atoms. The number of fused-ring (bicyclic) bond motifs is 2. The maximum atomic E-state index is 14.8. The van der Waals surface area contributed by atoms with Gasteiger partial charge in [-0.2, -0.15) is 5.26 Å². The Kier molecular flexibility index (Phi) is 10.7. The number of quaternary nitrogens is 1. The normalized spacial score (nSPS) is 15.3. The van der Waals surface area contributed by atoms with Gasteiger partial charge in [0.25, 0.3) is 5.91 Å². The molecule has 0 bridgehead atoms. The van der Waals surface area contributed by atoms with E-state index >= 15 is 0 Å². The predicted octanol–water partition coefficient (Wildman–Crippen LogP) is 7.64. The van der Waals surface area contributed by atoms with Crippen molar-refractivity contribution in [2.24, 2.45) is 0 Å². The van der Waals surface area contributed by atoms with E-state index < -0.39 is 14.1 Å². The number of rotatable bonds is 12. The molecule has 7 rings (SSSR count). The molecule has 0 saturated heterocycles. The molecule has 0 aliphatic carbocycles. The van der Waals surface area contributed by atoms with Crippen molar-refractivity contribution in [2.75, 3.05) is 37.3 Å². The molecule has 5 aromatic carbocycles. The van der Waals surface area contributed by atoms with Crippen LogP contribution in [-0.2, 0) is 4.79 Å². The van der Waals surface area contributed by atoms with E-state index in [9.17, 15) is 19.6 Å². The number of carbonyl (C=O) groups excluding carboxylic acids is 1. The van der Waals surface area contributed by atoms with E-state index in [1.54, 1.807) is 24.0 Å². The molecule has 11 heteroatoms. The summed E-state index contributed by atoms with van der Waals surface area (Å²) in [6, 6.07) is 39.3. The average molecular weight is 771 g/mol. The summed E-state index contributed by atoms with van der Waals surface area (Å²) < 4.78 is 24.3. The maximum absolute atomic E-state index is 14.8. The summed E-state index contributed by atoms with van der Waals surface area (Å²) in [5, 5.41) is 27.6. The average Bonchev–Trinajstić information content (AvgIpc) is 3.80. The topological polar surface area (TPSA) is 100 Å². The standard InChI is InChI=1S/C44H44FN5O3SSi/c1-5-50(23-24-51,42-28-47-43-49(42)40(30-54-43)32-19-20-33(27-46)38(45)25-32)29-41(52)48-39-18-12-13-31-21-22-34(26-37(31)39)53-55(44(2,3)4,35-14-8-6-9-15-35)36-16-10-7-11-17-36/h6-22,25-26,28,40,51H,5,23-24,29-30H2,1-4H3/p+1. The summed E-state index contributed by atoms with van der Waals surface area (Å²) in [6.45, 7) is 9.40. The molecule has 2 N–H and O–H groups in total. The highest BCUT2D eigenvalue weighted by Crippen LogP contribution is 2.43. The number of nitriles is 1. The molecular formula is C44H45FN5O3SSi+. The highest BCUT2D eigenvalue weighted by Gasteiger charge is 2.52. The number of halogens is 1. The number of hydrogen-bond acceptors (Lipinski definition) is 6. The Morgan fingerprint density at radius 1 is 1.02 bits per heavy atom. The van der Waals surface area contributed by atoms with Gasteiger partial charge in [-0.15, -0.1) is 0 Å². The first-order chi connectivity index (χ1) is 26.5. The first-order valence-corrected chi connectivity index (χ1v) is 21.4. The van der Waals surface area contributed by atoms with E-state index in [0.29, 0.717) is 18.0 Å². The smallest absolute Gasteiger partial charge is 0.319 e. The molecule has 6 aromatic rings. The molecule has 0 saturated carbocycles. The Morgan fingerprint density at radius 3 is 2.35 bits per heavy atom. The largest absolute Gasteiger partial charge is 0.534 e. The summed E-state index contributed by atoms with van der Waals surface area (Å²) >= 11 is 1.56. The molecule has 0 radical (unpaired) electrons. The minimum atomic E-state index is -2.91. The van der Waals surface area contributed by atoms with Gasteiger partial charge in [0.1, 0.15) is 30.4 Å². The Hall–Kier alpha value is -5.25. The number of anilines is 1. The number of hydrogen-bond donors (Lipinski definition) is 2. The number of nitrogens with one attached hydrogen (secondary N) is 1. The Labute approximate surface area is 326 Å². The van der Waals surface area contributed by atoms with Gasteiger partial charge in [0.15, 0.2) is 11.7 Å². The van der Waals surface area contributed by atoms with Crippen LogP contribution in [0.3, 0.4) is 0 Å². The zero-order chi connectivity index (χ0) is 38.8. The second-order valence-electron chi connectivity index (χ2n) is 15.0. The zero-order valence-corrected chi connectivity index (χ0v) is 33.3. The monoisotopic (exact) mass is 770 g/mol. The van der Waals surface area contributed by atoms with Crippen LogP contribution >= 0.6 is 11.8 Å². The number of likely N-dealkylation sites (N-methyl/N-ethyl adjacent to an activating group) is 1. The minimum absolute atomic E-state index is 0.00812. The lowest BCUT2D eigenvalue weighted by atomic mass is 10.1. The number of amides is 1. The van der Waals surface area contributed by atoms with Crippen molar-refractivity contribution in [3.05, 3.63) is 138 Å². The van der Waals surface area contributed by atoms with Crippen LogP contribution < -0.4 is 24.6 Å². The molecule has 55 heavy (non-hydrogen) atoms. The molecule has 1 aliphatic heterocycles. The molecule has 1 aliphatic rings. The molecular weight excluding hydrogens is 726 g/mol. The van der Waals surface area contributed by atoms with Crippen molar-refractivity contribution in [1.82, 2.24) is 14.0 Å². The van der Waals surface area contributed by atoms with Crippen LogP contribution in [0.4, 0.5) is 15.9 Å². The maximum Gasteiger partial charge on any atom is 0.319 e. The second kappa shape index (κ2) is 15.5. The van der Waals surface area contributed by atoms with Gasteiger partial charge in [-0.3, -0.25) is 13.8 Å². The van der Waals surface area contributed by atoms with E-state index in [0.717, 1.165) is 33.1 Å². The summed E-state index contributed by atoms with van der Waals surface area (Å²) in [5.74, 6) is 1.33. The SMILES string of the molecule is CC[N+](CCO)(CC(=O)Nc1cccc2ccc(O[Si](c3ccccc3)(c3ccccc3)C(C)(C)C)cc12)c1cnc2n1C(c1ccc(C#N)c(F)c1)CS2. The summed E-state index contributed by atoms with van der Waals surface area (Å²) in [6.07, 6.45) is 1.77. The summed E-state index contributed by atoms with van der Waals surface area (Å²) in [4.78, 5) is 18.9. The number of nitrogens with zero attached hydrogens (tertiary/aromatic N) is 4. The van der Waals surface area contributed by atoms with Crippen LogP contribution in [0.2, 0.25) is 5.04 Å².